The molecule has 0 saturated carbocycles. The van der Waals surface area contributed by atoms with Crippen LogP contribution in [0.3, 0.4) is 0 Å². The first-order valence-corrected chi connectivity index (χ1v) is 14.4. The molecule has 1 fully saturated rings. The van der Waals surface area contributed by atoms with Crippen LogP contribution in [0.5, 0.6) is 0 Å². The molecule has 5 rings (SSSR count). The highest BCUT2D eigenvalue weighted by atomic mass is 15.1. The van der Waals surface area contributed by atoms with Crippen LogP contribution in [0.4, 0.5) is 0 Å². The zero-order valence-electron chi connectivity index (χ0n) is 21.6. The Labute approximate surface area is 209 Å². The average molecular weight is 461 g/mol. The SMILES string of the molecule is C1=C2CCCC/C=C\C=C\CCN3CC[C@H]4C1=CN(CC/C=C\C/C=C\CCCCC[C@@H]4C3)C2. The van der Waals surface area contributed by atoms with Crippen molar-refractivity contribution in [2.75, 3.05) is 32.7 Å². The van der Waals surface area contributed by atoms with Crippen LogP contribution in [0.25, 0.3) is 0 Å². The lowest BCUT2D eigenvalue weighted by atomic mass is 9.76. The molecule has 186 valence electrons. The molecule has 2 nitrogen and oxygen atoms in total. The van der Waals surface area contributed by atoms with Crippen LogP contribution in [0.1, 0.15) is 83.5 Å². The fraction of sp³-hybridized carbons (Fsp3) is 0.625. The maximum absolute atomic E-state index is 2.76. The van der Waals surface area contributed by atoms with Gasteiger partial charge in [0.25, 0.3) is 0 Å². The summed E-state index contributed by atoms with van der Waals surface area (Å²) in [5.41, 5.74) is 3.33. The van der Waals surface area contributed by atoms with Crippen molar-refractivity contribution in [3.05, 3.63) is 72.0 Å². The molecule has 5 aliphatic rings. The van der Waals surface area contributed by atoms with Gasteiger partial charge in [-0.25, -0.2) is 0 Å². The Balaban J connectivity index is 1.55. The van der Waals surface area contributed by atoms with Gasteiger partial charge in [-0.15, -0.1) is 0 Å². The van der Waals surface area contributed by atoms with E-state index in [1.165, 1.54) is 90.3 Å². The molecule has 2 heteroatoms. The first-order valence-electron chi connectivity index (χ1n) is 14.4. The van der Waals surface area contributed by atoms with Gasteiger partial charge in [0.1, 0.15) is 0 Å². The van der Waals surface area contributed by atoms with E-state index in [4.69, 9.17) is 0 Å². The molecule has 0 aliphatic carbocycles. The fourth-order valence-electron chi connectivity index (χ4n) is 6.19. The maximum atomic E-state index is 2.76. The predicted molar refractivity (Wildman–Crippen MR) is 148 cm³/mol. The summed E-state index contributed by atoms with van der Waals surface area (Å²) < 4.78 is 0. The number of hydrogen-bond acceptors (Lipinski definition) is 2. The fourth-order valence-corrected chi connectivity index (χ4v) is 6.19. The Morgan fingerprint density at radius 3 is 2.41 bits per heavy atom. The molecule has 0 spiro atoms. The third kappa shape index (κ3) is 8.45. The van der Waals surface area contributed by atoms with Gasteiger partial charge < -0.3 is 9.80 Å². The van der Waals surface area contributed by atoms with Crippen LogP contribution in [0.2, 0.25) is 0 Å². The van der Waals surface area contributed by atoms with Gasteiger partial charge in [0, 0.05) is 32.4 Å². The number of piperidine rings is 1. The minimum absolute atomic E-state index is 0.744. The molecule has 0 aromatic heterocycles. The second-order valence-electron chi connectivity index (χ2n) is 10.9. The molecule has 1 unspecified atom stereocenters. The van der Waals surface area contributed by atoms with Crippen LogP contribution in [0.15, 0.2) is 72.0 Å². The van der Waals surface area contributed by atoms with Crippen molar-refractivity contribution in [2.45, 2.75) is 83.5 Å². The highest BCUT2D eigenvalue weighted by Crippen LogP contribution is 2.37. The van der Waals surface area contributed by atoms with E-state index in [1.54, 1.807) is 11.1 Å². The third-order valence-electron chi connectivity index (χ3n) is 8.10. The first kappa shape index (κ1) is 25.3. The second-order valence-corrected chi connectivity index (χ2v) is 10.9. The normalized spacial score (nSPS) is 33.9. The summed E-state index contributed by atoms with van der Waals surface area (Å²) in [6, 6.07) is 0. The van der Waals surface area contributed by atoms with Crippen LogP contribution < -0.4 is 0 Å². The van der Waals surface area contributed by atoms with E-state index in [9.17, 15) is 0 Å². The summed E-state index contributed by atoms with van der Waals surface area (Å²) in [6.45, 7) is 6.06. The lowest BCUT2D eigenvalue weighted by molar-refractivity contribution is 0.129. The molecular formula is C32H48N2. The molecule has 0 N–H and O–H groups in total. The Hall–Kier alpha value is -1.80. The van der Waals surface area contributed by atoms with Gasteiger partial charge in [-0.2, -0.15) is 0 Å². The topological polar surface area (TPSA) is 6.48 Å². The second kappa shape index (κ2) is 14.6. The van der Waals surface area contributed by atoms with Crippen molar-refractivity contribution in [1.82, 2.24) is 9.80 Å². The Kier molecular flexibility index (Phi) is 10.8. The summed E-state index contributed by atoms with van der Waals surface area (Å²) >= 11 is 0. The van der Waals surface area contributed by atoms with Gasteiger partial charge in [0.15, 0.2) is 0 Å². The molecule has 0 radical (unpaired) electrons. The van der Waals surface area contributed by atoms with Crippen molar-refractivity contribution in [3.63, 3.8) is 0 Å². The lowest BCUT2D eigenvalue weighted by Crippen LogP contribution is -2.42. The number of allylic oxidation sites excluding steroid dienone is 8. The zero-order chi connectivity index (χ0) is 23.3. The minimum atomic E-state index is 0.744. The summed E-state index contributed by atoms with van der Waals surface area (Å²) in [4.78, 5) is 5.40. The largest absolute Gasteiger partial charge is 0.373 e. The highest BCUT2D eigenvalue weighted by molar-refractivity contribution is 5.31. The van der Waals surface area contributed by atoms with Gasteiger partial charge in [-0.3, -0.25) is 0 Å². The van der Waals surface area contributed by atoms with Gasteiger partial charge in [0.05, 0.1) is 0 Å². The summed E-state index contributed by atoms with van der Waals surface area (Å²) in [5.74, 6) is 1.55. The summed E-state index contributed by atoms with van der Waals surface area (Å²) in [7, 11) is 0. The van der Waals surface area contributed by atoms with Gasteiger partial charge >= 0.3 is 0 Å². The lowest BCUT2D eigenvalue weighted by Gasteiger charge is -2.41. The van der Waals surface area contributed by atoms with E-state index < -0.39 is 0 Å². The molecule has 0 aromatic rings. The molecule has 0 aromatic carbocycles. The van der Waals surface area contributed by atoms with E-state index in [0.717, 1.165) is 37.8 Å². The van der Waals surface area contributed by atoms with E-state index >= 15 is 0 Å². The molecule has 5 aliphatic heterocycles. The first-order chi connectivity index (χ1) is 16.9. The number of nitrogens with zero attached hydrogens (tertiary/aromatic N) is 2. The van der Waals surface area contributed by atoms with Crippen molar-refractivity contribution >= 4 is 0 Å². The van der Waals surface area contributed by atoms with Crippen molar-refractivity contribution in [3.8, 4) is 0 Å². The maximum Gasteiger partial charge on any atom is 0.0386 e. The smallest absolute Gasteiger partial charge is 0.0386 e. The van der Waals surface area contributed by atoms with E-state index in [0.29, 0.717) is 0 Å². The van der Waals surface area contributed by atoms with Gasteiger partial charge in [-0.05, 0) is 94.6 Å². The molecule has 1 saturated heterocycles. The number of hydrogen-bond donors (Lipinski definition) is 0. The molecule has 3 atom stereocenters. The monoisotopic (exact) mass is 460 g/mol. The Morgan fingerprint density at radius 2 is 1.47 bits per heavy atom. The minimum Gasteiger partial charge on any atom is -0.373 e. The quantitative estimate of drug-likeness (QED) is 0.338. The van der Waals surface area contributed by atoms with Crippen LogP contribution >= 0.6 is 0 Å². The summed E-state index contributed by atoms with van der Waals surface area (Å²) in [6.07, 6.45) is 40.6. The van der Waals surface area contributed by atoms with E-state index in [-0.39, 0.29) is 0 Å². The van der Waals surface area contributed by atoms with Crippen LogP contribution in [-0.2, 0) is 0 Å². The van der Waals surface area contributed by atoms with Gasteiger partial charge in [0.2, 0.25) is 0 Å². The Morgan fingerprint density at radius 1 is 0.676 bits per heavy atom. The zero-order valence-corrected chi connectivity index (χ0v) is 21.6. The van der Waals surface area contributed by atoms with Crippen molar-refractivity contribution < 1.29 is 0 Å². The van der Waals surface area contributed by atoms with Crippen molar-refractivity contribution in [2.24, 2.45) is 11.8 Å². The van der Waals surface area contributed by atoms with E-state index in [2.05, 4.69) is 70.7 Å². The third-order valence-corrected chi connectivity index (χ3v) is 8.10. The highest BCUT2D eigenvalue weighted by Gasteiger charge is 2.31. The molecule has 34 heavy (non-hydrogen) atoms. The van der Waals surface area contributed by atoms with Gasteiger partial charge in [-0.1, -0.05) is 73.1 Å². The predicted octanol–water partition coefficient (Wildman–Crippen LogP) is 7.98. The average Bonchev–Trinajstić information content (AvgIpc) is 2.85. The van der Waals surface area contributed by atoms with Crippen molar-refractivity contribution in [1.29, 1.82) is 0 Å². The Bertz CT molecular complexity index is 781. The summed E-state index contributed by atoms with van der Waals surface area (Å²) in [5, 5.41) is 0. The van der Waals surface area contributed by atoms with E-state index in [1.807, 2.05) is 0 Å². The standard InChI is InChI=1S/C32H48N2/c1-2-5-10-14-18-23-34-26-29-19-15-11-7-4-6-9-13-17-22-33-24-21-32(31(25-29)28-34)30(27-33)20-16-12-8-3-1/h1-2,4,6,9-10,13-14,25,28,30,32H,3,5,7-8,11-12,15-24,26-27H2/b2-1-,6-4-,13-9+,14-10-/t30-,32-/m1/s1. The van der Waals surface area contributed by atoms with Crippen LogP contribution in [0, 0.1) is 11.8 Å². The molecule has 0 amide bonds. The molecule has 5 heterocycles. The number of fused-ring (bicyclic) bond motifs is 9. The number of rotatable bonds is 0. The molecule has 6 bridgehead atoms. The molecular weight excluding hydrogens is 412 g/mol. The van der Waals surface area contributed by atoms with Crippen LogP contribution in [-0.4, -0.2) is 42.5 Å².